The highest BCUT2D eigenvalue weighted by atomic mass is 32.1. The monoisotopic (exact) mass is 276 g/mol. The Kier molecular flexibility index (Phi) is 8.16. The van der Waals surface area contributed by atoms with Crippen molar-refractivity contribution in [3.8, 4) is 0 Å². The molecule has 1 heterocycles. The molecular formula is C10H12O5S2. The summed E-state index contributed by atoms with van der Waals surface area (Å²) in [7, 11) is 0. The largest absolute Gasteiger partial charge is 0.481 e. The van der Waals surface area contributed by atoms with Crippen LogP contribution in [-0.4, -0.2) is 23.0 Å². The van der Waals surface area contributed by atoms with Gasteiger partial charge in [0.15, 0.2) is 0 Å². The van der Waals surface area contributed by atoms with Crippen LogP contribution in [0.3, 0.4) is 0 Å². The predicted octanol–water partition coefficient (Wildman–Crippen LogP) is 1.31. The molecule has 0 atom stereocenters. The number of carboxylic acid groups (broad SMARTS) is 1. The van der Waals surface area contributed by atoms with Gasteiger partial charge in [0, 0.05) is 6.92 Å². The Morgan fingerprint density at radius 2 is 1.35 bits per heavy atom. The summed E-state index contributed by atoms with van der Waals surface area (Å²) in [5, 5.41) is 7.42. The standard InChI is InChI=1S/C8H4O3.C2H4O2.2H2S/c9-7-5-3-1-2-4-6(5)8(10)11-7;1-2(3)4;;/h1-4H;1H3,(H,3,4);2*1H2. The van der Waals surface area contributed by atoms with Crippen molar-refractivity contribution in [3.05, 3.63) is 35.4 Å². The molecule has 0 saturated carbocycles. The first kappa shape index (κ1) is 17.9. The van der Waals surface area contributed by atoms with Crippen molar-refractivity contribution in [1.82, 2.24) is 0 Å². The number of cyclic esters (lactones) is 2. The molecule has 0 amide bonds. The van der Waals surface area contributed by atoms with E-state index in [4.69, 9.17) is 9.90 Å². The van der Waals surface area contributed by atoms with Gasteiger partial charge in [-0.1, -0.05) is 12.1 Å². The number of rotatable bonds is 0. The zero-order chi connectivity index (χ0) is 11.4. The molecule has 0 radical (unpaired) electrons. The van der Waals surface area contributed by atoms with E-state index in [9.17, 15) is 9.59 Å². The zero-order valence-corrected chi connectivity index (χ0v) is 10.9. The summed E-state index contributed by atoms with van der Waals surface area (Å²) in [6, 6.07) is 6.53. The number of carbonyl (C=O) groups excluding carboxylic acids is 2. The van der Waals surface area contributed by atoms with E-state index in [0.717, 1.165) is 6.92 Å². The minimum Gasteiger partial charge on any atom is -0.481 e. The van der Waals surface area contributed by atoms with Gasteiger partial charge in [0.05, 0.1) is 11.1 Å². The Bertz CT molecular complexity index is 393. The smallest absolute Gasteiger partial charge is 0.346 e. The minimum atomic E-state index is -0.833. The van der Waals surface area contributed by atoms with Crippen LogP contribution in [0.4, 0.5) is 0 Å². The van der Waals surface area contributed by atoms with Gasteiger partial charge in [0.25, 0.3) is 5.97 Å². The lowest BCUT2D eigenvalue weighted by molar-refractivity contribution is -0.134. The summed E-state index contributed by atoms with van der Waals surface area (Å²) in [4.78, 5) is 30.7. The number of hydrogen-bond donors (Lipinski definition) is 1. The van der Waals surface area contributed by atoms with Crippen LogP contribution < -0.4 is 0 Å². The molecule has 1 N–H and O–H groups in total. The molecule has 1 aliphatic rings. The molecule has 0 spiro atoms. The quantitative estimate of drug-likeness (QED) is 0.571. The first-order valence-corrected chi connectivity index (χ1v) is 4.07. The minimum absolute atomic E-state index is 0. The summed E-state index contributed by atoms with van der Waals surface area (Å²) in [5.74, 6) is -1.93. The second kappa shape index (κ2) is 7.75. The van der Waals surface area contributed by atoms with Crippen molar-refractivity contribution in [2.75, 3.05) is 0 Å². The average Bonchev–Trinajstić information content (AvgIpc) is 2.43. The molecule has 0 bridgehead atoms. The third kappa shape index (κ3) is 4.92. The van der Waals surface area contributed by atoms with Crippen LogP contribution in [0.5, 0.6) is 0 Å². The first-order valence-electron chi connectivity index (χ1n) is 4.07. The maximum atomic E-state index is 10.8. The second-order valence-electron chi connectivity index (χ2n) is 2.74. The molecule has 0 saturated heterocycles. The molecule has 0 aliphatic carbocycles. The van der Waals surface area contributed by atoms with Crippen LogP contribution in [0.15, 0.2) is 24.3 Å². The Balaban J connectivity index is 0. The Morgan fingerprint density at radius 1 is 1.06 bits per heavy atom. The van der Waals surface area contributed by atoms with E-state index in [2.05, 4.69) is 4.74 Å². The molecular weight excluding hydrogens is 264 g/mol. The van der Waals surface area contributed by atoms with E-state index in [1.807, 2.05) is 0 Å². The number of hydrogen-bond acceptors (Lipinski definition) is 4. The van der Waals surface area contributed by atoms with Crippen LogP contribution in [0.25, 0.3) is 0 Å². The number of benzene rings is 1. The van der Waals surface area contributed by atoms with E-state index in [0.29, 0.717) is 11.1 Å². The molecule has 17 heavy (non-hydrogen) atoms. The van der Waals surface area contributed by atoms with Crippen LogP contribution in [-0.2, 0) is 9.53 Å². The summed E-state index contributed by atoms with van der Waals surface area (Å²) in [5.41, 5.74) is 0.718. The molecule has 1 aromatic rings. The third-order valence-corrected chi connectivity index (χ3v) is 1.55. The van der Waals surface area contributed by atoms with Gasteiger partial charge >= 0.3 is 11.9 Å². The maximum absolute atomic E-state index is 10.8. The fraction of sp³-hybridized carbons (Fsp3) is 0.100. The Morgan fingerprint density at radius 3 is 1.65 bits per heavy atom. The van der Waals surface area contributed by atoms with Gasteiger partial charge in [-0.2, -0.15) is 27.0 Å². The number of carboxylic acids is 1. The van der Waals surface area contributed by atoms with Crippen LogP contribution in [0.1, 0.15) is 27.6 Å². The fourth-order valence-corrected chi connectivity index (χ4v) is 1.03. The van der Waals surface area contributed by atoms with Gasteiger partial charge in [-0.15, -0.1) is 0 Å². The number of esters is 2. The van der Waals surface area contributed by atoms with Crippen LogP contribution >= 0.6 is 27.0 Å². The summed E-state index contributed by atoms with van der Waals surface area (Å²) < 4.78 is 4.35. The van der Waals surface area contributed by atoms with Gasteiger partial charge in [-0.3, -0.25) is 4.79 Å². The van der Waals surface area contributed by atoms with Crippen molar-refractivity contribution in [3.63, 3.8) is 0 Å². The lowest BCUT2D eigenvalue weighted by Crippen LogP contribution is -1.96. The second-order valence-corrected chi connectivity index (χ2v) is 2.74. The van der Waals surface area contributed by atoms with Gasteiger partial charge in [-0.05, 0) is 12.1 Å². The fourth-order valence-electron chi connectivity index (χ4n) is 1.03. The van der Waals surface area contributed by atoms with Crippen LogP contribution in [0, 0.1) is 0 Å². The van der Waals surface area contributed by atoms with Crippen molar-refractivity contribution < 1.29 is 24.2 Å². The Hall–Kier alpha value is -1.47. The van der Waals surface area contributed by atoms with Gasteiger partial charge in [0.1, 0.15) is 0 Å². The molecule has 0 fully saturated rings. The molecule has 7 heteroatoms. The van der Waals surface area contributed by atoms with E-state index in [1.54, 1.807) is 24.3 Å². The molecule has 1 aromatic carbocycles. The summed E-state index contributed by atoms with van der Waals surface area (Å²) in [6.07, 6.45) is 0. The third-order valence-electron chi connectivity index (χ3n) is 1.55. The van der Waals surface area contributed by atoms with Crippen molar-refractivity contribution in [2.45, 2.75) is 6.92 Å². The van der Waals surface area contributed by atoms with E-state index in [-0.39, 0.29) is 27.0 Å². The van der Waals surface area contributed by atoms with Gasteiger partial charge in [0.2, 0.25) is 0 Å². The van der Waals surface area contributed by atoms with E-state index < -0.39 is 17.9 Å². The first-order chi connectivity index (χ1) is 7.02. The van der Waals surface area contributed by atoms with E-state index >= 15 is 0 Å². The number of ether oxygens (including phenoxy) is 1. The normalized spacial score (nSPS) is 10.9. The zero-order valence-electron chi connectivity index (χ0n) is 8.89. The number of carbonyl (C=O) groups is 3. The predicted molar refractivity (Wildman–Crippen MR) is 70.3 cm³/mol. The van der Waals surface area contributed by atoms with Crippen LogP contribution in [0.2, 0.25) is 0 Å². The van der Waals surface area contributed by atoms with Crippen molar-refractivity contribution in [1.29, 1.82) is 0 Å². The highest BCUT2D eigenvalue weighted by Gasteiger charge is 2.28. The van der Waals surface area contributed by atoms with Gasteiger partial charge in [-0.25, -0.2) is 9.59 Å². The van der Waals surface area contributed by atoms with E-state index in [1.165, 1.54) is 0 Å². The topological polar surface area (TPSA) is 80.7 Å². The SMILES string of the molecule is CC(=O)O.O=C1OC(=O)c2ccccc21.S.S. The molecule has 2 rings (SSSR count). The summed E-state index contributed by atoms with van der Waals surface area (Å²) in [6.45, 7) is 1.08. The van der Waals surface area contributed by atoms with Gasteiger partial charge < -0.3 is 9.84 Å². The molecule has 1 aliphatic heterocycles. The maximum Gasteiger partial charge on any atom is 0.346 e. The number of aliphatic carboxylic acids is 1. The molecule has 94 valence electrons. The summed E-state index contributed by atoms with van der Waals surface area (Å²) >= 11 is 0. The lowest BCUT2D eigenvalue weighted by atomic mass is 10.1. The molecule has 0 unspecified atom stereocenters. The van der Waals surface area contributed by atoms with Crippen molar-refractivity contribution in [2.24, 2.45) is 0 Å². The molecule has 5 nitrogen and oxygen atoms in total. The lowest BCUT2D eigenvalue weighted by Gasteiger charge is -1.86. The highest BCUT2D eigenvalue weighted by molar-refractivity contribution is 7.59. The van der Waals surface area contributed by atoms with Crippen molar-refractivity contribution >= 4 is 44.9 Å². The number of fused-ring (bicyclic) bond motifs is 1. The molecule has 0 aromatic heterocycles. The Labute approximate surface area is 112 Å². The average molecular weight is 276 g/mol. The highest BCUT2D eigenvalue weighted by Crippen LogP contribution is 2.18.